The summed E-state index contributed by atoms with van der Waals surface area (Å²) in [5, 5.41) is 0. The zero-order valence-electron chi connectivity index (χ0n) is 8.29. The number of aryl methyl sites for hydroxylation is 1. The number of carbonyl (C=O) groups is 1. The van der Waals surface area contributed by atoms with E-state index in [2.05, 4.69) is 0 Å². The molecule has 68 valence electrons. The van der Waals surface area contributed by atoms with Crippen molar-refractivity contribution in [3.05, 3.63) is 47.0 Å². The van der Waals surface area contributed by atoms with Gasteiger partial charge >= 0.3 is 0 Å². The van der Waals surface area contributed by atoms with Crippen LogP contribution in [-0.2, 0) is 0 Å². The number of carbonyl (C=O) groups excluding carboxylic acids is 1. The molecule has 0 unspecified atom stereocenters. The molecule has 0 saturated heterocycles. The molecule has 0 spiro atoms. The topological polar surface area (TPSA) is 17.1 Å². The number of ketones is 1. The molecule has 1 rings (SSSR count). The molecule has 0 aliphatic carbocycles. The number of benzene rings is 1. The van der Waals surface area contributed by atoms with E-state index >= 15 is 0 Å². The number of allylic oxidation sites excluding steroid dienone is 2. The van der Waals surface area contributed by atoms with E-state index in [9.17, 15) is 4.79 Å². The van der Waals surface area contributed by atoms with E-state index in [4.69, 9.17) is 0 Å². The van der Waals surface area contributed by atoms with Gasteiger partial charge in [0.2, 0.25) is 0 Å². The lowest BCUT2D eigenvalue weighted by atomic mass is 10.0. The standard InChI is InChI=1S/C12H14O/c1-4-10(3)12(13)11-7-5-6-9(2)8-11/h4-8H,1-3H3/b10-4+. The zero-order valence-corrected chi connectivity index (χ0v) is 8.29. The van der Waals surface area contributed by atoms with Crippen molar-refractivity contribution in [2.45, 2.75) is 20.8 Å². The quantitative estimate of drug-likeness (QED) is 0.497. The first kappa shape index (κ1) is 9.72. The Balaban J connectivity index is 3.03. The van der Waals surface area contributed by atoms with E-state index in [0.29, 0.717) is 0 Å². The van der Waals surface area contributed by atoms with Gasteiger partial charge in [-0.1, -0.05) is 29.8 Å². The van der Waals surface area contributed by atoms with E-state index in [1.165, 1.54) is 0 Å². The highest BCUT2D eigenvalue weighted by molar-refractivity contribution is 6.08. The number of hydrogen-bond acceptors (Lipinski definition) is 1. The molecule has 0 bridgehead atoms. The molecule has 1 aromatic carbocycles. The summed E-state index contributed by atoms with van der Waals surface area (Å²) in [5.41, 5.74) is 2.69. The number of rotatable bonds is 2. The van der Waals surface area contributed by atoms with Crippen LogP contribution in [0.1, 0.15) is 29.8 Å². The van der Waals surface area contributed by atoms with Crippen molar-refractivity contribution < 1.29 is 4.79 Å². The minimum Gasteiger partial charge on any atom is -0.289 e. The molecule has 0 heterocycles. The molecule has 1 aromatic rings. The Kier molecular flexibility index (Phi) is 3.02. The first-order chi connectivity index (χ1) is 6.15. The van der Waals surface area contributed by atoms with Crippen molar-refractivity contribution in [3.8, 4) is 0 Å². The normalized spacial score (nSPS) is 11.5. The third-order valence-electron chi connectivity index (χ3n) is 2.07. The molecule has 0 radical (unpaired) electrons. The van der Waals surface area contributed by atoms with Crippen LogP contribution in [-0.4, -0.2) is 5.78 Å². The van der Waals surface area contributed by atoms with Crippen LogP contribution < -0.4 is 0 Å². The van der Waals surface area contributed by atoms with Gasteiger partial charge in [-0.3, -0.25) is 4.79 Å². The summed E-state index contributed by atoms with van der Waals surface area (Å²) >= 11 is 0. The van der Waals surface area contributed by atoms with Crippen LogP contribution in [0.25, 0.3) is 0 Å². The molecule has 0 aliphatic heterocycles. The van der Waals surface area contributed by atoms with Gasteiger partial charge in [0, 0.05) is 5.56 Å². The van der Waals surface area contributed by atoms with Gasteiger partial charge in [0.15, 0.2) is 5.78 Å². The Morgan fingerprint density at radius 3 is 2.62 bits per heavy atom. The highest BCUT2D eigenvalue weighted by Crippen LogP contribution is 2.09. The van der Waals surface area contributed by atoms with Crippen molar-refractivity contribution in [1.29, 1.82) is 0 Å². The molecule has 0 aromatic heterocycles. The van der Waals surface area contributed by atoms with Crippen LogP contribution in [0.15, 0.2) is 35.9 Å². The van der Waals surface area contributed by atoms with Gasteiger partial charge in [-0.05, 0) is 32.4 Å². The molecule has 1 nitrogen and oxygen atoms in total. The first-order valence-corrected chi connectivity index (χ1v) is 4.39. The third kappa shape index (κ3) is 2.28. The lowest BCUT2D eigenvalue weighted by Gasteiger charge is -2.01. The lowest BCUT2D eigenvalue weighted by molar-refractivity contribution is 0.103. The van der Waals surface area contributed by atoms with Gasteiger partial charge in [-0.25, -0.2) is 0 Å². The summed E-state index contributed by atoms with van der Waals surface area (Å²) in [4.78, 5) is 11.7. The SMILES string of the molecule is C/C=C(\C)C(=O)c1cccc(C)c1. The fourth-order valence-electron chi connectivity index (χ4n) is 1.15. The number of hydrogen-bond donors (Lipinski definition) is 0. The van der Waals surface area contributed by atoms with E-state index in [-0.39, 0.29) is 5.78 Å². The lowest BCUT2D eigenvalue weighted by Crippen LogP contribution is -2.00. The highest BCUT2D eigenvalue weighted by atomic mass is 16.1. The zero-order chi connectivity index (χ0) is 9.84. The van der Waals surface area contributed by atoms with Gasteiger partial charge in [0.05, 0.1) is 0 Å². The average molecular weight is 174 g/mol. The summed E-state index contributed by atoms with van der Waals surface area (Å²) in [6.45, 7) is 5.70. The molecule has 0 aliphatic rings. The van der Waals surface area contributed by atoms with Crippen LogP contribution in [0.2, 0.25) is 0 Å². The maximum absolute atomic E-state index is 11.7. The van der Waals surface area contributed by atoms with Gasteiger partial charge in [-0.15, -0.1) is 0 Å². The largest absolute Gasteiger partial charge is 0.289 e. The van der Waals surface area contributed by atoms with Crippen molar-refractivity contribution in [2.24, 2.45) is 0 Å². The fraction of sp³-hybridized carbons (Fsp3) is 0.250. The number of Topliss-reactive ketones (excluding diaryl/α,β-unsaturated/α-hetero) is 1. The van der Waals surface area contributed by atoms with E-state index < -0.39 is 0 Å². The van der Waals surface area contributed by atoms with Crippen molar-refractivity contribution >= 4 is 5.78 Å². The molecular formula is C12H14O. The molecule has 0 N–H and O–H groups in total. The first-order valence-electron chi connectivity index (χ1n) is 4.39. The Morgan fingerprint density at radius 2 is 2.08 bits per heavy atom. The fourth-order valence-corrected chi connectivity index (χ4v) is 1.15. The predicted octanol–water partition coefficient (Wildman–Crippen LogP) is 3.14. The minimum absolute atomic E-state index is 0.117. The van der Waals surface area contributed by atoms with Crippen LogP contribution in [0.3, 0.4) is 0 Å². The summed E-state index contributed by atoms with van der Waals surface area (Å²) in [5.74, 6) is 0.117. The molecular weight excluding hydrogens is 160 g/mol. The maximum atomic E-state index is 11.7. The summed E-state index contributed by atoms with van der Waals surface area (Å²) in [6, 6.07) is 7.66. The Morgan fingerprint density at radius 1 is 1.38 bits per heavy atom. The molecule has 13 heavy (non-hydrogen) atoms. The third-order valence-corrected chi connectivity index (χ3v) is 2.07. The van der Waals surface area contributed by atoms with Gasteiger partial charge < -0.3 is 0 Å². The van der Waals surface area contributed by atoms with Crippen LogP contribution in [0.4, 0.5) is 0 Å². The second-order valence-electron chi connectivity index (χ2n) is 3.17. The van der Waals surface area contributed by atoms with E-state index in [0.717, 1.165) is 16.7 Å². The second-order valence-corrected chi connectivity index (χ2v) is 3.17. The van der Waals surface area contributed by atoms with E-state index in [1.807, 2.05) is 51.1 Å². The monoisotopic (exact) mass is 174 g/mol. The van der Waals surface area contributed by atoms with Gasteiger partial charge in [0.1, 0.15) is 0 Å². The summed E-state index contributed by atoms with van der Waals surface area (Å²) in [6.07, 6.45) is 1.84. The minimum atomic E-state index is 0.117. The molecule has 0 saturated carbocycles. The van der Waals surface area contributed by atoms with Crippen molar-refractivity contribution in [2.75, 3.05) is 0 Å². The van der Waals surface area contributed by atoms with E-state index in [1.54, 1.807) is 0 Å². The summed E-state index contributed by atoms with van der Waals surface area (Å²) < 4.78 is 0. The van der Waals surface area contributed by atoms with Gasteiger partial charge in [0.25, 0.3) is 0 Å². The summed E-state index contributed by atoms with van der Waals surface area (Å²) in [7, 11) is 0. The highest BCUT2D eigenvalue weighted by Gasteiger charge is 2.06. The second kappa shape index (κ2) is 4.04. The average Bonchev–Trinajstić information content (AvgIpc) is 2.15. The van der Waals surface area contributed by atoms with Crippen molar-refractivity contribution in [3.63, 3.8) is 0 Å². The van der Waals surface area contributed by atoms with Crippen LogP contribution >= 0.6 is 0 Å². The molecule has 0 atom stereocenters. The van der Waals surface area contributed by atoms with Crippen molar-refractivity contribution in [1.82, 2.24) is 0 Å². The maximum Gasteiger partial charge on any atom is 0.188 e. The Hall–Kier alpha value is -1.37. The smallest absolute Gasteiger partial charge is 0.188 e. The van der Waals surface area contributed by atoms with Crippen LogP contribution in [0.5, 0.6) is 0 Å². The van der Waals surface area contributed by atoms with Crippen LogP contribution in [0, 0.1) is 6.92 Å². The molecule has 1 heteroatoms. The molecule has 0 amide bonds. The Bertz CT molecular complexity index is 348. The van der Waals surface area contributed by atoms with Gasteiger partial charge in [-0.2, -0.15) is 0 Å². The Labute approximate surface area is 79.1 Å². The molecule has 0 fully saturated rings. The predicted molar refractivity (Wildman–Crippen MR) is 54.9 cm³/mol.